The lowest BCUT2D eigenvalue weighted by Crippen LogP contribution is -2.49. The molecule has 0 aliphatic carbocycles. The standard InChI is InChI=1S/C20H31ClN4O3S/c1-2-23-10-4-7-19(23)16-24(20(26)17-5-3-6-18(21)15-17)13-14-29(27,28)25-11-8-22-9-12-25/h3,5-6,15,19,22H,2,4,7-14,16H2,1H3/t19-/m1/s1. The lowest BCUT2D eigenvalue weighted by atomic mass is 10.1. The van der Waals surface area contributed by atoms with Gasteiger partial charge in [-0.3, -0.25) is 9.69 Å². The quantitative estimate of drug-likeness (QED) is 0.660. The van der Waals surface area contributed by atoms with Crippen molar-refractivity contribution in [2.24, 2.45) is 0 Å². The van der Waals surface area contributed by atoms with Crippen LogP contribution in [-0.4, -0.2) is 92.6 Å². The molecule has 0 spiro atoms. The molecule has 2 saturated heterocycles. The monoisotopic (exact) mass is 442 g/mol. The van der Waals surface area contributed by atoms with Crippen LogP contribution in [-0.2, 0) is 10.0 Å². The van der Waals surface area contributed by atoms with Gasteiger partial charge in [-0.25, -0.2) is 8.42 Å². The van der Waals surface area contributed by atoms with Crippen molar-refractivity contribution in [2.45, 2.75) is 25.8 Å². The highest BCUT2D eigenvalue weighted by molar-refractivity contribution is 7.89. The summed E-state index contributed by atoms with van der Waals surface area (Å²) in [5.74, 6) is -0.219. The first kappa shape index (κ1) is 22.5. The summed E-state index contributed by atoms with van der Waals surface area (Å²) in [6.07, 6.45) is 2.13. The van der Waals surface area contributed by atoms with Crippen molar-refractivity contribution in [1.29, 1.82) is 0 Å². The van der Waals surface area contributed by atoms with Gasteiger partial charge in [-0.1, -0.05) is 24.6 Å². The van der Waals surface area contributed by atoms with Gasteiger partial charge in [0, 0.05) is 55.9 Å². The highest BCUT2D eigenvalue weighted by Gasteiger charge is 2.30. The third kappa shape index (κ3) is 5.92. The van der Waals surface area contributed by atoms with Crippen molar-refractivity contribution in [2.75, 3.05) is 58.1 Å². The summed E-state index contributed by atoms with van der Waals surface area (Å²) >= 11 is 6.07. The zero-order valence-electron chi connectivity index (χ0n) is 17.0. The molecule has 3 rings (SSSR count). The summed E-state index contributed by atoms with van der Waals surface area (Å²) in [4.78, 5) is 17.3. The van der Waals surface area contributed by atoms with Crippen LogP contribution in [0.25, 0.3) is 0 Å². The van der Waals surface area contributed by atoms with E-state index in [0.29, 0.717) is 43.3 Å². The molecule has 1 amide bonds. The number of amides is 1. The minimum atomic E-state index is -3.40. The molecule has 1 aromatic carbocycles. The first-order chi connectivity index (χ1) is 13.9. The molecule has 0 bridgehead atoms. The van der Waals surface area contributed by atoms with Crippen LogP contribution in [0.2, 0.25) is 5.02 Å². The van der Waals surface area contributed by atoms with Gasteiger partial charge in [-0.2, -0.15) is 4.31 Å². The van der Waals surface area contributed by atoms with Gasteiger partial charge >= 0.3 is 0 Å². The van der Waals surface area contributed by atoms with Gasteiger partial charge < -0.3 is 10.2 Å². The summed E-state index contributed by atoms with van der Waals surface area (Å²) in [6.45, 7) is 7.10. The average Bonchev–Trinajstić information content (AvgIpc) is 3.18. The van der Waals surface area contributed by atoms with Crippen LogP contribution in [0.5, 0.6) is 0 Å². The van der Waals surface area contributed by atoms with Crippen molar-refractivity contribution in [1.82, 2.24) is 19.4 Å². The summed E-state index contributed by atoms with van der Waals surface area (Å²) in [5.41, 5.74) is 0.498. The van der Waals surface area contributed by atoms with Crippen LogP contribution in [0.4, 0.5) is 0 Å². The number of hydrogen-bond acceptors (Lipinski definition) is 5. The Balaban J connectivity index is 1.73. The largest absolute Gasteiger partial charge is 0.336 e. The Morgan fingerprint density at radius 3 is 2.72 bits per heavy atom. The summed E-state index contributed by atoms with van der Waals surface area (Å²) in [7, 11) is -3.40. The molecule has 1 aromatic rings. The Labute approximate surface area is 179 Å². The van der Waals surface area contributed by atoms with Gasteiger partial charge in [-0.05, 0) is 44.1 Å². The number of nitrogens with one attached hydrogen (secondary N) is 1. The van der Waals surface area contributed by atoms with E-state index in [1.54, 1.807) is 29.2 Å². The van der Waals surface area contributed by atoms with Gasteiger partial charge in [0.1, 0.15) is 0 Å². The topological polar surface area (TPSA) is 73.0 Å². The molecular formula is C20H31ClN4O3S. The molecule has 2 aliphatic heterocycles. The molecule has 0 radical (unpaired) electrons. The maximum absolute atomic E-state index is 13.2. The predicted molar refractivity (Wildman–Crippen MR) is 116 cm³/mol. The molecule has 0 aromatic heterocycles. The second-order valence-electron chi connectivity index (χ2n) is 7.65. The van der Waals surface area contributed by atoms with Crippen LogP contribution < -0.4 is 5.32 Å². The van der Waals surface area contributed by atoms with Crippen LogP contribution in [0, 0.1) is 0 Å². The molecule has 7 nitrogen and oxygen atoms in total. The van der Waals surface area contributed by atoms with Gasteiger partial charge in [0.2, 0.25) is 10.0 Å². The third-order valence-corrected chi connectivity index (χ3v) is 7.87. The van der Waals surface area contributed by atoms with E-state index < -0.39 is 10.0 Å². The lowest BCUT2D eigenvalue weighted by Gasteiger charge is -2.32. The van der Waals surface area contributed by atoms with E-state index in [0.717, 1.165) is 25.9 Å². The van der Waals surface area contributed by atoms with E-state index in [1.165, 1.54) is 4.31 Å². The molecule has 2 fully saturated rings. The normalized spacial score (nSPS) is 21.4. The fraction of sp³-hybridized carbons (Fsp3) is 0.650. The molecule has 0 saturated carbocycles. The summed E-state index contributed by atoms with van der Waals surface area (Å²) in [6, 6.07) is 7.13. The van der Waals surface area contributed by atoms with Crippen molar-refractivity contribution >= 4 is 27.5 Å². The summed E-state index contributed by atoms with van der Waals surface area (Å²) < 4.78 is 27.1. The van der Waals surface area contributed by atoms with E-state index in [2.05, 4.69) is 17.1 Å². The Kier molecular flexibility index (Phi) is 7.92. The fourth-order valence-corrected chi connectivity index (χ4v) is 5.77. The fourth-order valence-electron chi connectivity index (χ4n) is 4.13. The molecule has 0 unspecified atom stereocenters. The van der Waals surface area contributed by atoms with E-state index in [1.807, 2.05) is 0 Å². The van der Waals surface area contributed by atoms with Crippen LogP contribution in [0.3, 0.4) is 0 Å². The zero-order valence-corrected chi connectivity index (χ0v) is 18.6. The number of likely N-dealkylation sites (tertiary alicyclic amines) is 1. The second-order valence-corrected chi connectivity index (χ2v) is 10.2. The maximum Gasteiger partial charge on any atom is 0.253 e. The Bertz CT molecular complexity index is 799. The van der Waals surface area contributed by atoms with Crippen LogP contribution in [0.1, 0.15) is 30.1 Å². The van der Waals surface area contributed by atoms with Gasteiger partial charge in [0.15, 0.2) is 0 Å². The van der Waals surface area contributed by atoms with E-state index >= 15 is 0 Å². The van der Waals surface area contributed by atoms with Crippen molar-refractivity contribution in [3.8, 4) is 0 Å². The number of rotatable bonds is 8. The molecule has 29 heavy (non-hydrogen) atoms. The molecule has 9 heteroatoms. The second kappa shape index (κ2) is 10.2. The number of halogens is 1. The number of likely N-dealkylation sites (N-methyl/N-ethyl adjacent to an activating group) is 1. The first-order valence-corrected chi connectivity index (χ1v) is 12.4. The molecular weight excluding hydrogens is 412 g/mol. The average molecular weight is 443 g/mol. The number of carbonyl (C=O) groups is 1. The number of hydrogen-bond donors (Lipinski definition) is 1. The number of nitrogens with zero attached hydrogens (tertiary/aromatic N) is 3. The molecule has 1 atom stereocenters. The molecule has 2 aliphatic rings. The van der Waals surface area contributed by atoms with Gasteiger partial charge in [-0.15, -0.1) is 0 Å². The minimum absolute atomic E-state index is 0.0574. The van der Waals surface area contributed by atoms with Crippen molar-refractivity contribution in [3.63, 3.8) is 0 Å². The van der Waals surface area contributed by atoms with E-state index in [4.69, 9.17) is 11.6 Å². The Morgan fingerprint density at radius 2 is 2.03 bits per heavy atom. The smallest absolute Gasteiger partial charge is 0.253 e. The highest BCUT2D eigenvalue weighted by Crippen LogP contribution is 2.20. The number of carbonyl (C=O) groups excluding carboxylic acids is 1. The van der Waals surface area contributed by atoms with Gasteiger partial charge in [0.25, 0.3) is 5.91 Å². The SMILES string of the molecule is CCN1CCC[C@@H]1CN(CCS(=O)(=O)N1CCNCC1)C(=O)c1cccc(Cl)c1. The minimum Gasteiger partial charge on any atom is -0.336 e. The van der Waals surface area contributed by atoms with Crippen molar-refractivity contribution < 1.29 is 13.2 Å². The van der Waals surface area contributed by atoms with Gasteiger partial charge in [0.05, 0.1) is 5.75 Å². The third-order valence-electron chi connectivity index (χ3n) is 5.78. The molecule has 1 N–H and O–H groups in total. The predicted octanol–water partition coefficient (Wildman–Crippen LogP) is 1.50. The van der Waals surface area contributed by atoms with Crippen LogP contribution >= 0.6 is 11.6 Å². The molecule has 162 valence electrons. The van der Waals surface area contributed by atoms with E-state index in [9.17, 15) is 13.2 Å². The first-order valence-electron chi connectivity index (χ1n) is 10.4. The highest BCUT2D eigenvalue weighted by atomic mass is 35.5. The van der Waals surface area contributed by atoms with Crippen LogP contribution in [0.15, 0.2) is 24.3 Å². The number of sulfonamides is 1. The molecule has 2 heterocycles. The number of piperazine rings is 1. The van der Waals surface area contributed by atoms with E-state index in [-0.39, 0.29) is 24.2 Å². The Morgan fingerprint density at radius 1 is 1.28 bits per heavy atom. The van der Waals surface area contributed by atoms with Crippen molar-refractivity contribution in [3.05, 3.63) is 34.9 Å². The zero-order chi connectivity index (χ0) is 20.9. The Hall–Kier alpha value is -1.19. The maximum atomic E-state index is 13.2. The number of benzene rings is 1. The summed E-state index contributed by atoms with van der Waals surface area (Å²) in [5, 5.41) is 3.67. The lowest BCUT2D eigenvalue weighted by molar-refractivity contribution is 0.0718.